The summed E-state index contributed by atoms with van der Waals surface area (Å²) < 4.78 is 6.38. The van der Waals surface area contributed by atoms with Crippen molar-refractivity contribution in [3.05, 3.63) is 28.8 Å². The van der Waals surface area contributed by atoms with Gasteiger partial charge in [-0.2, -0.15) is 0 Å². The summed E-state index contributed by atoms with van der Waals surface area (Å²) in [5.41, 5.74) is 0.745. The Morgan fingerprint density at radius 1 is 1.45 bits per heavy atom. The Balaban J connectivity index is 1.85. The second-order valence-electron chi connectivity index (χ2n) is 6.16. The van der Waals surface area contributed by atoms with Crippen molar-refractivity contribution in [3.63, 3.8) is 0 Å². The standard InChI is InChI=1S/C15H17ClN2OS/c1-8-13-11-7-9(16)3-6-12(11)19-15(8,2)18(10-4-5-10)14(20)17-13/h3,6-8,10,13H,4-5H2,1-2H3,(H,17,20). The van der Waals surface area contributed by atoms with Crippen LogP contribution in [0, 0.1) is 5.92 Å². The highest BCUT2D eigenvalue weighted by molar-refractivity contribution is 7.80. The molecule has 2 bridgehead atoms. The van der Waals surface area contributed by atoms with Gasteiger partial charge in [0.1, 0.15) is 5.75 Å². The predicted octanol–water partition coefficient (Wildman–Crippen LogP) is 3.48. The molecule has 3 atom stereocenters. The maximum atomic E-state index is 6.38. The normalized spacial score (nSPS) is 35.1. The fourth-order valence-electron chi connectivity index (χ4n) is 3.49. The molecule has 1 aromatic carbocycles. The molecule has 1 saturated heterocycles. The number of hydrogen-bond acceptors (Lipinski definition) is 2. The fourth-order valence-corrected chi connectivity index (χ4v) is 4.12. The summed E-state index contributed by atoms with van der Waals surface area (Å²) in [6.45, 7) is 4.38. The molecule has 4 rings (SSSR count). The number of fused-ring (bicyclic) bond motifs is 4. The van der Waals surface area contributed by atoms with Gasteiger partial charge in [-0.3, -0.25) is 0 Å². The van der Waals surface area contributed by atoms with Gasteiger partial charge in [0, 0.05) is 22.5 Å². The molecule has 0 radical (unpaired) electrons. The van der Waals surface area contributed by atoms with Crippen molar-refractivity contribution in [1.82, 2.24) is 10.2 Å². The van der Waals surface area contributed by atoms with Crippen molar-refractivity contribution in [2.45, 2.75) is 44.5 Å². The number of benzene rings is 1. The third-order valence-electron chi connectivity index (χ3n) is 4.86. The zero-order chi connectivity index (χ0) is 14.1. The zero-order valence-corrected chi connectivity index (χ0v) is 13.1. The summed E-state index contributed by atoms with van der Waals surface area (Å²) in [7, 11) is 0. The molecule has 3 aliphatic rings. The Hall–Kier alpha value is -1.00. The summed E-state index contributed by atoms with van der Waals surface area (Å²) in [6, 6.07) is 6.53. The van der Waals surface area contributed by atoms with Gasteiger partial charge in [-0.1, -0.05) is 18.5 Å². The van der Waals surface area contributed by atoms with E-state index in [0.29, 0.717) is 12.0 Å². The van der Waals surface area contributed by atoms with Crippen LogP contribution in [0.15, 0.2) is 18.2 Å². The first-order chi connectivity index (χ1) is 9.50. The van der Waals surface area contributed by atoms with Gasteiger partial charge in [-0.25, -0.2) is 0 Å². The van der Waals surface area contributed by atoms with E-state index in [9.17, 15) is 0 Å². The molecule has 1 saturated carbocycles. The molecular formula is C15H17ClN2OS. The molecule has 2 aliphatic heterocycles. The lowest BCUT2D eigenvalue weighted by molar-refractivity contribution is -0.114. The Morgan fingerprint density at radius 3 is 2.90 bits per heavy atom. The average Bonchev–Trinajstić information content (AvgIpc) is 3.19. The molecule has 1 aliphatic carbocycles. The van der Waals surface area contributed by atoms with Crippen molar-refractivity contribution in [3.8, 4) is 5.75 Å². The molecule has 1 aromatic rings. The van der Waals surface area contributed by atoms with Crippen LogP contribution in [0.25, 0.3) is 0 Å². The van der Waals surface area contributed by atoms with Crippen molar-refractivity contribution < 1.29 is 4.74 Å². The largest absolute Gasteiger partial charge is 0.467 e. The number of halogens is 1. The molecule has 20 heavy (non-hydrogen) atoms. The van der Waals surface area contributed by atoms with Gasteiger partial charge in [0.25, 0.3) is 0 Å². The van der Waals surface area contributed by atoms with E-state index in [1.165, 1.54) is 12.8 Å². The average molecular weight is 309 g/mol. The van der Waals surface area contributed by atoms with E-state index in [1.807, 2.05) is 18.2 Å². The Morgan fingerprint density at radius 2 is 2.20 bits per heavy atom. The van der Waals surface area contributed by atoms with E-state index in [1.54, 1.807) is 0 Å². The summed E-state index contributed by atoms with van der Waals surface area (Å²) in [4.78, 5) is 2.26. The van der Waals surface area contributed by atoms with Gasteiger partial charge in [0.05, 0.1) is 6.04 Å². The highest BCUT2D eigenvalue weighted by Gasteiger charge is 2.56. The van der Waals surface area contributed by atoms with Crippen LogP contribution in [0.2, 0.25) is 5.02 Å². The van der Waals surface area contributed by atoms with Gasteiger partial charge < -0.3 is 15.0 Å². The second kappa shape index (κ2) is 4.01. The first kappa shape index (κ1) is 12.7. The Kier molecular flexibility index (Phi) is 2.55. The van der Waals surface area contributed by atoms with Crippen LogP contribution in [-0.4, -0.2) is 21.8 Å². The van der Waals surface area contributed by atoms with E-state index < -0.39 is 0 Å². The molecule has 0 spiro atoms. The monoisotopic (exact) mass is 308 g/mol. The van der Waals surface area contributed by atoms with Crippen molar-refractivity contribution in [2.24, 2.45) is 5.92 Å². The Bertz CT molecular complexity index is 604. The van der Waals surface area contributed by atoms with Gasteiger partial charge in [-0.15, -0.1) is 0 Å². The fraction of sp³-hybridized carbons (Fsp3) is 0.533. The third-order valence-corrected chi connectivity index (χ3v) is 5.41. The molecule has 0 aromatic heterocycles. The number of ether oxygens (including phenoxy) is 1. The minimum atomic E-state index is -0.366. The van der Waals surface area contributed by atoms with Crippen LogP contribution >= 0.6 is 23.8 Å². The third kappa shape index (κ3) is 1.61. The van der Waals surface area contributed by atoms with Crippen LogP contribution in [0.4, 0.5) is 0 Å². The lowest BCUT2D eigenvalue weighted by Crippen LogP contribution is -2.69. The maximum absolute atomic E-state index is 6.38. The van der Waals surface area contributed by atoms with Crippen molar-refractivity contribution in [1.29, 1.82) is 0 Å². The molecule has 2 heterocycles. The van der Waals surface area contributed by atoms with Crippen LogP contribution in [0.1, 0.15) is 38.3 Å². The van der Waals surface area contributed by atoms with E-state index in [4.69, 9.17) is 28.6 Å². The first-order valence-electron chi connectivity index (χ1n) is 7.09. The molecule has 5 heteroatoms. The highest BCUT2D eigenvalue weighted by Crippen LogP contribution is 2.51. The molecule has 1 N–H and O–H groups in total. The number of nitrogens with one attached hydrogen (secondary N) is 1. The van der Waals surface area contributed by atoms with Crippen LogP contribution in [0.5, 0.6) is 5.75 Å². The number of thiocarbonyl (C=S) groups is 1. The van der Waals surface area contributed by atoms with Crippen LogP contribution in [-0.2, 0) is 0 Å². The van der Waals surface area contributed by atoms with Gasteiger partial charge >= 0.3 is 0 Å². The lowest BCUT2D eigenvalue weighted by Gasteiger charge is -2.56. The Labute approximate surface area is 129 Å². The minimum absolute atomic E-state index is 0.171. The maximum Gasteiger partial charge on any atom is 0.187 e. The first-order valence-corrected chi connectivity index (χ1v) is 7.87. The molecule has 3 nitrogen and oxygen atoms in total. The molecule has 0 amide bonds. The molecule has 2 fully saturated rings. The van der Waals surface area contributed by atoms with E-state index in [0.717, 1.165) is 21.4 Å². The molecule has 106 valence electrons. The SMILES string of the molecule is CC1C2NC(=S)N(C3CC3)C1(C)Oc1ccc(Cl)cc12. The summed E-state index contributed by atoms with van der Waals surface area (Å²) >= 11 is 11.7. The van der Waals surface area contributed by atoms with Gasteiger partial charge in [0.2, 0.25) is 0 Å². The topological polar surface area (TPSA) is 24.5 Å². The van der Waals surface area contributed by atoms with Crippen molar-refractivity contribution in [2.75, 3.05) is 0 Å². The smallest absolute Gasteiger partial charge is 0.187 e. The van der Waals surface area contributed by atoms with E-state index >= 15 is 0 Å². The molecule has 3 unspecified atom stereocenters. The predicted molar refractivity (Wildman–Crippen MR) is 83.0 cm³/mol. The summed E-state index contributed by atoms with van der Waals surface area (Å²) in [6.07, 6.45) is 2.40. The number of rotatable bonds is 1. The molecular weight excluding hydrogens is 292 g/mol. The van der Waals surface area contributed by atoms with Crippen molar-refractivity contribution >= 4 is 28.9 Å². The number of hydrogen-bond donors (Lipinski definition) is 1. The van der Waals surface area contributed by atoms with E-state index in [-0.39, 0.29) is 11.8 Å². The number of nitrogens with zero attached hydrogens (tertiary/aromatic N) is 1. The summed E-state index contributed by atoms with van der Waals surface area (Å²) in [5, 5.41) is 5.04. The zero-order valence-electron chi connectivity index (χ0n) is 11.5. The lowest BCUT2D eigenvalue weighted by atomic mass is 9.81. The van der Waals surface area contributed by atoms with Gasteiger partial charge in [-0.05, 0) is 50.2 Å². The van der Waals surface area contributed by atoms with E-state index in [2.05, 4.69) is 24.1 Å². The highest BCUT2D eigenvalue weighted by atomic mass is 35.5. The van der Waals surface area contributed by atoms with Crippen LogP contribution < -0.4 is 10.1 Å². The second-order valence-corrected chi connectivity index (χ2v) is 6.98. The van der Waals surface area contributed by atoms with Crippen LogP contribution in [0.3, 0.4) is 0 Å². The summed E-state index contributed by atoms with van der Waals surface area (Å²) in [5.74, 6) is 1.22. The minimum Gasteiger partial charge on any atom is -0.467 e. The quantitative estimate of drug-likeness (QED) is 0.803. The van der Waals surface area contributed by atoms with Gasteiger partial charge in [0.15, 0.2) is 10.8 Å².